The first kappa shape index (κ1) is 15.9. The molecule has 0 saturated carbocycles. The van der Waals surface area contributed by atoms with E-state index in [1.807, 2.05) is 0 Å². The van der Waals surface area contributed by atoms with Crippen molar-refractivity contribution in [2.75, 3.05) is 13.1 Å². The molecule has 1 saturated heterocycles. The summed E-state index contributed by atoms with van der Waals surface area (Å²) in [6.07, 6.45) is 1.75. The summed E-state index contributed by atoms with van der Waals surface area (Å²) in [6.45, 7) is 8.90. The lowest BCUT2D eigenvalue weighted by molar-refractivity contribution is 0.195. The van der Waals surface area contributed by atoms with E-state index in [9.17, 15) is 8.42 Å². The largest absolute Gasteiger partial charge is 0.465 e. The molecule has 0 amide bonds. The zero-order valence-corrected chi connectivity index (χ0v) is 14.1. The monoisotopic (exact) mass is 319 g/mol. The summed E-state index contributed by atoms with van der Waals surface area (Å²) in [5.41, 5.74) is 0.803. The van der Waals surface area contributed by atoms with E-state index in [4.69, 9.17) is 16.0 Å². The Kier molecular flexibility index (Phi) is 4.24. The van der Waals surface area contributed by atoms with Gasteiger partial charge in [0.15, 0.2) is 0 Å². The number of piperidine rings is 1. The Hall–Kier alpha value is -0.520. The van der Waals surface area contributed by atoms with Crippen molar-refractivity contribution >= 4 is 21.6 Å². The van der Waals surface area contributed by atoms with Gasteiger partial charge in [-0.15, -0.1) is 11.6 Å². The highest BCUT2D eigenvalue weighted by atomic mass is 35.5. The second-order valence-electron chi connectivity index (χ2n) is 6.22. The van der Waals surface area contributed by atoms with Gasteiger partial charge in [-0.3, -0.25) is 0 Å². The van der Waals surface area contributed by atoms with Gasteiger partial charge in [0.25, 0.3) is 0 Å². The molecule has 114 valence electrons. The summed E-state index contributed by atoms with van der Waals surface area (Å²) in [6, 6.07) is 0. The summed E-state index contributed by atoms with van der Waals surface area (Å²) in [5, 5.41) is 0. The molecule has 0 unspecified atom stereocenters. The Balaban J connectivity index is 2.37. The maximum atomic E-state index is 12.8. The minimum atomic E-state index is -3.51. The van der Waals surface area contributed by atoms with Crippen LogP contribution in [0.1, 0.15) is 43.8 Å². The van der Waals surface area contributed by atoms with Gasteiger partial charge in [0, 0.05) is 18.7 Å². The third-order valence-electron chi connectivity index (χ3n) is 4.13. The van der Waals surface area contributed by atoms with E-state index in [0.29, 0.717) is 30.2 Å². The molecule has 1 aromatic heterocycles. The highest BCUT2D eigenvalue weighted by Gasteiger charge is 2.36. The number of rotatable bonds is 3. The molecule has 4 nitrogen and oxygen atoms in total. The van der Waals surface area contributed by atoms with Gasteiger partial charge in [0.05, 0.1) is 5.88 Å². The first-order valence-electron chi connectivity index (χ1n) is 6.84. The molecule has 1 aromatic rings. The fourth-order valence-corrected chi connectivity index (χ4v) is 4.92. The van der Waals surface area contributed by atoms with Crippen LogP contribution in [0.5, 0.6) is 0 Å². The van der Waals surface area contributed by atoms with E-state index < -0.39 is 10.0 Å². The minimum absolute atomic E-state index is 0.150. The molecule has 2 heterocycles. The lowest BCUT2D eigenvalue weighted by Crippen LogP contribution is -2.41. The van der Waals surface area contributed by atoms with Crippen molar-refractivity contribution < 1.29 is 12.8 Å². The Morgan fingerprint density at radius 3 is 2.25 bits per heavy atom. The number of furan rings is 1. The summed E-state index contributed by atoms with van der Waals surface area (Å²) >= 11 is 5.90. The van der Waals surface area contributed by atoms with Crippen molar-refractivity contribution in [3.05, 3.63) is 17.1 Å². The molecule has 1 aliphatic heterocycles. The van der Waals surface area contributed by atoms with E-state index >= 15 is 0 Å². The molecule has 0 aliphatic carbocycles. The summed E-state index contributed by atoms with van der Waals surface area (Å²) in [4.78, 5) is 0.268. The molecule has 0 N–H and O–H groups in total. The first-order chi connectivity index (χ1) is 9.19. The molecular weight excluding hydrogens is 298 g/mol. The molecular formula is C14H22ClNO3S. The average Bonchev–Trinajstić information content (AvgIpc) is 2.63. The predicted molar refractivity (Wildman–Crippen MR) is 79.5 cm³/mol. The Labute approximate surface area is 126 Å². The maximum Gasteiger partial charge on any atom is 0.246 e. The van der Waals surface area contributed by atoms with E-state index in [-0.39, 0.29) is 16.2 Å². The van der Waals surface area contributed by atoms with Gasteiger partial charge >= 0.3 is 0 Å². The predicted octanol–water partition coefficient (Wildman–Crippen LogP) is 3.45. The molecule has 1 fully saturated rings. The summed E-state index contributed by atoms with van der Waals surface area (Å²) < 4.78 is 32.7. The van der Waals surface area contributed by atoms with Gasteiger partial charge in [-0.1, -0.05) is 13.8 Å². The smallest absolute Gasteiger partial charge is 0.246 e. The zero-order valence-electron chi connectivity index (χ0n) is 12.5. The van der Waals surface area contributed by atoms with Crippen LogP contribution < -0.4 is 0 Å². The third kappa shape index (κ3) is 2.76. The molecule has 0 aromatic carbocycles. The van der Waals surface area contributed by atoms with E-state index in [2.05, 4.69) is 13.8 Å². The van der Waals surface area contributed by atoms with Crippen LogP contribution in [0.15, 0.2) is 9.31 Å². The van der Waals surface area contributed by atoms with E-state index in [0.717, 1.165) is 12.8 Å². The zero-order chi connectivity index (χ0) is 15.1. The number of halogens is 1. The molecule has 0 bridgehead atoms. The molecule has 0 atom stereocenters. The molecule has 2 rings (SSSR count). The van der Waals surface area contributed by atoms with Crippen LogP contribution in [0, 0.1) is 19.3 Å². The normalized spacial score (nSPS) is 20.2. The average molecular weight is 320 g/mol. The van der Waals surface area contributed by atoms with Crippen LogP contribution in [0.3, 0.4) is 0 Å². The third-order valence-corrected chi connectivity index (χ3v) is 6.49. The molecule has 6 heteroatoms. The highest BCUT2D eigenvalue weighted by Crippen LogP contribution is 2.35. The Bertz CT molecular complexity index is 594. The maximum absolute atomic E-state index is 12.8. The lowest BCUT2D eigenvalue weighted by atomic mass is 9.83. The molecule has 20 heavy (non-hydrogen) atoms. The van der Waals surface area contributed by atoms with E-state index in [1.54, 1.807) is 18.2 Å². The van der Waals surface area contributed by atoms with Gasteiger partial charge in [-0.05, 0) is 32.1 Å². The Morgan fingerprint density at radius 2 is 1.75 bits per heavy atom. The van der Waals surface area contributed by atoms with Crippen LogP contribution in [-0.4, -0.2) is 25.8 Å². The van der Waals surface area contributed by atoms with Crippen LogP contribution in [0.4, 0.5) is 0 Å². The number of aryl methyl sites for hydroxylation is 2. The Morgan fingerprint density at radius 1 is 1.20 bits per heavy atom. The summed E-state index contributed by atoms with van der Waals surface area (Å²) in [5.74, 6) is 1.17. The van der Waals surface area contributed by atoms with Gasteiger partial charge < -0.3 is 4.42 Å². The quantitative estimate of drug-likeness (QED) is 0.802. The van der Waals surface area contributed by atoms with Crippen molar-refractivity contribution in [1.29, 1.82) is 0 Å². The fraction of sp³-hybridized carbons (Fsp3) is 0.714. The van der Waals surface area contributed by atoms with Crippen molar-refractivity contribution in [1.82, 2.24) is 4.31 Å². The van der Waals surface area contributed by atoms with Crippen molar-refractivity contribution in [3.63, 3.8) is 0 Å². The van der Waals surface area contributed by atoms with Gasteiger partial charge in [-0.2, -0.15) is 4.31 Å². The number of sulfonamides is 1. The first-order valence-corrected chi connectivity index (χ1v) is 8.81. The number of alkyl halides is 1. The molecule has 0 spiro atoms. The van der Waals surface area contributed by atoms with Crippen LogP contribution in [0.25, 0.3) is 0 Å². The SMILES string of the molecule is Cc1oc(C)c(S(=O)(=O)N2CCC(C)(C)CC2)c1CCl. The number of hydrogen-bond acceptors (Lipinski definition) is 3. The fourth-order valence-electron chi connectivity index (χ4n) is 2.66. The van der Waals surface area contributed by atoms with Crippen molar-refractivity contribution in [3.8, 4) is 0 Å². The summed E-state index contributed by atoms with van der Waals surface area (Å²) in [7, 11) is -3.51. The van der Waals surface area contributed by atoms with Crippen LogP contribution in [-0.2, 0) is 15.9 Å². The lowest BCUT2D eigenvalue weighted by Gasteiger charge is -2.36. The van der Waals surface area contributed by atoms with Crippen molar-refractivity contribution in [2.45, 2.75) is 51.3 Å². The van der Waals surface area contributed by atoms with Crippen LogP contribution >= 0.6 is 11.6 Å². The van der Waals surface area contributed by atoms with Gasteiger partial charge in [0.2, 0.25) is 10.0 Å². The molecule has 0 radical (unpaired) electrons. The number of hydrogen-bond donors (Lipinski definition) is 0. The van der Waals surface area contributed by atoms with Crippen LogP contribution in [0.2, 0.25) is 0 Å². The van der Waals surface area contributed by atoms with Gasteiger partial charge in [0.1, 0.15) is 16.4 Å². The molecule has 1 aliphatic rings. The minimum Gasteiger partial charge on any atom is -0.465 e. The highest BCUT2D eigenvalue weighted by molar-refractivity contribution is 7.89. The van der Waals surface area contributed by atoms with Crippen molar-refractivity contribution in [2.24, 2.45) is 5.41 Å². The standard InChI is InChI=1S/C14H22ClNO3S/c1-10-12(9-15)13(11(2)19-10)20(17,18)16-7-5-14(3,4)6-8-16/h5-9H2,1-4H3. The van der Waals surface area contributed by atoms with E-state index in [1.165, 1.54) is 0 Å². The van der Waals surface area contributed by atoms with Gasteiger partial charge in [-0.25, -0.2) is 8.42 Å². The second-order valence-corrected chi connectivity index (χ2v) is 8.37. The number of nitrogens with zero attached hydrogens (tertiary/aromatic N) is 1. The topological polar surface area (TPSA) is 50.5 Å². The second kappa shape index (κ2) is 5.35.